The summed E-state index contributed by atoms with van der Waals surface area (Å²) in [6.07, 6.45) is 1.80. The Morgan fingerprint density at radius 1 is 1.24 bits per heavy atom. The molecule has 1 heterocycles. The molecule has 1 aromatic heterocycles. The van der Waals surface area contributed by atoms with Crippen molar-refractivity contribution >= 4 is 28.4 Å². The highest BCUT2D eigenvalue weighted by Gasteiger charge is 2.13. The van der Waals surface area contributed by atoms with E-state index in [1.54, 1.807) is 6.20 Å². The van der Waals surface area contributed by atoms with Crippen molar-refractivity contribution < 1.29 is 0 Å². The van der Waals surface area contributed by atoms with Gasteiger partial charge in [0.1, 0.15) is 5.82 Å². The molecule has 0 saturated heterocycles. The second kappa shape index (κ2) is 4.68. The molecule has 2 N–H and O–H groups in total. The average molecular weight is 341 g/mol. The molecule has 0 radical (unpaired) electrons. The smallest absolute Gasteiger partial charge is 0.135 e. The summed E-state index contributed by atoms with van der Waals surface area (Å²) in [5.74, 6) is 0.734. The Kier molecular flexibility index (Phi) is 3.42. The number of nitrogens with two attached hydrogens (primary N) is 1. The third-order valence-electron chi connectivity index (χ3n) is 2.88. The quantitative estimate of drug-likeness (QED) is 0.852. The second-order valence-electron chi connectivity index (χ2n) is 4.42. The molecule has 0 fully saturated rings. The number of nitrogens with zero attached hydrogens (tertiary/aromatic N) is 2. The summed E-state index contributed by atoms with van der Waals surface area (Å²) in [6.45, 7) is 6.34. The predicted molar refractivity (Wildman–Crippen MR) is 79.1 cm³/mol. The molecule has 3 nitrogen and oxygen atoms in total. The van der Waals surface area contributed by atoms with E-state index < -0.39 is 0 Å². The number of aromatic nitrogens is 2. The van der Waals surface area contributed by atoms with Crippen molar-refractivity contribution in [2.24, 2.45) is 0 Å². The minimum absolute atomic E-state index is 0.164. The SMILES string of the molecule is Cc1cc(C)cc(C(C)n2ncc(I)c2N)c1. The molecule has 17 heavy (non-hydrogen) atoms. The van der Waals surface area contributed by atoms with E-state index >= 15 is 0 Å². The summed E-state index contributed by atoms with van der Waals surface area (Å²) in [4.78, 5) is 0. The Labute approximate surface area is 115 Å². The zero-order chi connectivity index (χ0) is 12.6. The van der Waals surface area contributed by atoms with Crippen molar-refractivity contribution in [1.82, 2.24) is 9.78 Å². The van der Waals surface area contributed by atoms with Crippen LogP contribution in [-0.2, 0) is 0 Å². The van der Waals surface area contributed by atoms with Gasteiger partial charge in [-0.25, -0.2) is 4.68 Å². The molecule has 0 spiro atoms. The van der Waals surface area contributed by atoms with Gasteiger partial charge in [0.2, 0.25) is 0 Å². The minimum atomic E-state index is 0.164. The molecule has 0 amide bonds. The molecule has 2 rings (SSSR count). The molecule has 4 heteroatoms. The lowest BCUT2D eigenvalue weighted by Gasteiger charge is -2.16. The monoisotopic (exact) mass is 341 g/mol. The van der Waals surface area contributed by atoms with Crippen LogP contribution < -0.4 is 5.73 Å². The van der Waals surface area contributed by atoms with E-state index in [1.807, 2.05) is 4.68 Å². The van der Waals surface area contributed by atoms with Gasteiger partial charge in [0.15, 0.2) is 0 Å². The van der Waals surface area contributed by atoms with Crippen molar-refractivity contribution in [1.29, 1.82) is 0 Å². The fourth-order valence-corrected chi connectivity index (χ4v) is 2.42. The molecule has 1 aromatic carbocycles. The van der Waals surface area contributed by atoms with E-state index in [1.165, 1.54) is 16.7 Å². The van der Waals surface area contributed by atoms with Gasteiger partial charge < -0.3 is 5.73 Å². The maximum atomic E-state index is 6.01. The largest absolute Gasteiger partial charge is 0.383 e. The number of hydrogen-bond acceptors (Lipinski definition) is 2. The first kappa shape index (κ1) is 12.4. The fourth-order valence-electron chi connectivity index (χ4n) is 2.05. The van der Waals surface area contributed by atoms with Gasteiger partial charge in [0.25, 0.3) is 0 Å². The molecule has 0 bridgehead atoms. The number of halogens is 1. The summed E-state index contributed by atoms with van der Waals surface area (Å²) < 4.78 is 2.87. The van der Waals surface area contributed by atoms with Gasteiger partial charge in [0, 0.05) is 0 Å². The lowest BCUT2D eigenvalue weighted by atomic mass is 10.0. The minimum Gasteiger partial charge on any atom is -0.383 e. The van der Waals surface area contributed by atoms with Crippen LogP contribution in [-0.4, -0.2) is 9.78 Å². The second-order valence-corrected chi connectivity index (χ2v) is 5.58. The highest BCUT2D eigenvalue weighted by Crippen LogP contribution is 2.24. The van der Waals surface area contributed by atoms with Crippen molar-refractivity contribution in [2.45, 2.75) is 26.8 Å². The number of benzene rings is 1. The predicted octanol–water partition coefficient (Wildman–Crippen LogP) is 3.30. The molecule has 0 aliphatic heterocycles. The van der Waals surface area contributed by atoms with Crippen LogP contribution in [0.25, 0.3) is 0 Å². The van der Waals surface area contributed by atoms with E-state index in [0.717, 1.165) is 9.39 Å². The number of rotatable bonds is 2. The number of hydrogen-bond donors (Lipinski definition) is 1. The highest BCUT2D eigenvalue weighted by atomic mass is 127. The molecule has 1 unspecified atom stereocenters. The lowest BCUT2D eigenvalue weighted by Crippen LogP contribution is -2.12. The zero-order valence-electron chi connectivity index (χ0n) is 10.2. The van der Waals surface area contributed by atoms with Crippen LogP contribution in [0.15, 0.2) is 24.4 Å². The summed E-state index contributed by atoms with van der Waals surface area (Å²) >= 11 is 2.20. The Morgan fingerprint density at radius 2 is 1.82 bits per heavy atom. The van der Waals surface area contributed by atoms with Crippen LogP contribution in [0.1, 0.15) is 29.7 Å². The normalized spacial score (nSPS) is 12.7. The molecule has 1 atom stereocenters. The van der Waals surface area contributed by atoms with Gasteiger partial charge in [-0.2, -0.15) is 5.10 Å². The number of anilines is 1. The van der Waals surface area contributed by atoms with Crippen LogP contribution in [0, 0.1) is 17.4 Å². The molecule has 0 aliphatic carbocycles. The van der Waals surface area contributed by atoms with E-state index in [4.69, 9.17) is 5.73 Å². The molecular formula is C13H16IN3. The Balaban J connectivity index is 2.43. The van der Waals surface area contributed by atoms with Crippen LogP contribution in [0.3, 0.4) is 0 Å². The number of aryl methyl sites for hydroxylation is 2. The van der Waals surface area contributed by atoms with Crippen molar-refractivity contribution in [2.75, 3.05) is 5.73 Å². The zero-order valence-corrected chi connectivity index (χ0v) is 12.4. The van der Waals surface area contributed by atoms with E-state index in [2.05, 4.69) is 66.7 Å². The van der Waals surface area contributed by atoms with Crippen LogP contribution in [0.2, 0.25) is 0 Å². The van der Waals surface area contributed by atoms with Gasteiger partial charge in [-0.1, -0.05) is 29.3 Å². The first-order valence-electron chi connectivity index (χ1n) is 5.55. The van der Waals surface area contributed by atoms with E-state index in [0.29, 0.717) is 0 Å². The Morgan fingerprint density at radius 3 is 2.29 bits per heavy atom. The van der Waals surface area contributed by atoms with Gasteiger partial charge in [-0.05, 0) is 48.9 Å². The van der Waals surface area contributed by atoms with E-state index in [9.17, 15) is 0 Å². The number of nitrogen functional groups attached to an aromatic ring is 1. The van der Waals surface area contributed by atoms with Gasteiger partial charge in [-0.15, -0.1) is 0 Å². The first-order chi connectivity index (χ1) is 7.99. The molecule has 90 valence electrons. The summed E-state index contributed by atoms with van der Waals surface area (Å²) in [5.41, 5.74) is 9.80. The first-order valence-corrected chi connectivity index (χ1v) is 6.63. The molecule has 0 saturated carbocycles. The molecular weight excluding hydrogens is 325 g/mol. The topological polar surface area (TPSA) is 43.8 Å². The maximum absolute atomic E-state index is 6.01. The van der Waals surface area contributed by atoms with Gasteiger partial charge in [-0.3, -0.25) is 0 Å². The standard InChI is InChI=1S/C13H16IN3/c1-8-4-9(2)6-11(5-8)10(3)17-13(15)12(14)7-16-17/h4-7,10H,15H2,1-3H3. The Bertz CT molecular complexity index is 525. The summed E-state index contributed by atoms with van der Waals surface area (Å²) in [6, 6.07) is 6.71. The van der Waals surface area contributed by atoms with Crippen LogP contribution >= 0.6 is 22.6 Å². The lowest BCUT2D eigenvalue weighted by molar-refractivity contribution is 0.572. The average Bonchev–Trinajstić information content (AvgIpc) is 2.57. The maximum Gasteiger partial charge on any atom is 0.135 e. The summed E-state index contributed by atoms with van der Waals surface area (Å²) in [7, 11) is 0. The van der Waals surface area contributed by atoms with Crippen molar-refractivity contribution in [3.05, 3.63) is 44.7 Å². The fraction of sp³-hybridized carbons (Fsp3) is 0.308. The molecule has 2 aromatic rings. The Hall–Kier alpha value is -1.04. The van der Waals surface area contributed by atoms with Crippen LogP contribution in [0.4, 0.5) is 5.82 Å². The van der Waals surface area contributed by atoms with Gasteiger partial charge >= 0.3 is 0 Å². The van der Waals surface area contributed by atoms with Crippen molar-refractivity contribution in [3.8, 4) is 0 Å². The highest BCUT2D eigenvalue weighted by molar-refractivity contribution is 14.1. The summed E-state index contributed by atoms with van der Waals surface area (Å²) in [5, 5.41) is 4.34. The van der Waals surface area contributed by atoms with Crippen LogP contribution in [0.5, 0.6) is 0 Å². The molecule has 0 aliphatic rings. The van der Waals surface area contributed by atoms with Gasteiger partial charge in [0.05, 0.1) is 15.8 Å². The third-order valence-corrected chi connectivity index (χ3v) is 3.71. The van der Waals surface area contributed by atoms with E-state index in [-0.39, 0.29) is 6.04 Å². The van der Waals surface area contributed by atoms with Crippen molar-refractivity contribution in [3.63, 3.8) is 0 Å². The third kappa shape index (κ3) is 2.46.